The van der Waals surface area contributed by atoms with Gasteiger partial charge in [-0.25, -0.2) is 28.5 Å². The number of ether oxygens (including phenoxy) is 3. The molecule has 1 fully saturated rings. The summed E-state index contributed by atoms with van der Waals surface area (Å²) in [5.41, 5.74) is 7.75. The molecule has 0 radical (unpaired) electrons. The fraction of sp³-hybridized carbons (Fsp3) is 0.242. The third-order valence-electron chi connectivity index (χ3n) is 7.40. The van der Waals surface area contributed by atoms with Gasteiger partial charge in [0.05, 0.1) is 23.9 Å². The largest absolute Gasteiger partial charge is 0.494 e. The van der Waals surface area contributed by atoms with Crippen LogP contribution in [0.25, 0.3) is 22.3 Å². The van der Waals surface area contributed by atoms with Crippen LogP contribution in [0.2, 0.25) is 0 Å². The molecule has 1 aliphatic heterocycles. The highest BCUT2D eigenvalue weighted by Crippen LogP contribution is 2.30. The number of fused-ring (bicyclic) bond motifs is 1. The van der Waals surface area contributed by atoms with E-state index in [2.05, 4.69) is 15.0 Å². The van der Waals surface area contributed by atoms with Crippen LogP contribution in [0.5, 0.6) is 11.6 Å². The smallest absolute Gasteiger partial charge is 0.335 e. The minimum Gasteiger partial charge on any atom is -0.494 e. The van der Waals surface area contributed by atoms with Crippen LogP contribution in [0.1, 0.15) is 49.9 Å². The number of hydrogen-bond donors (Lipinski definition) is 2. The van der Waals surface area contributed by atoms with E-state index in [0.717, 1.165) is 25.3 Å². The van der Waals surface area contributed by atoms with Crippen LogP contribution in [-0.4, -0.2) is 56.8 Å². The number of carboxylic acids is 1. The lowest BCUT2D eigenvalue weighted by molar-refractivity contribution is 0.0367. The maximum absolute atomic E-state index is 15.3. The van der Waals surface area contributed by atoms with Gasteiger partial charge in [0.25, 0.3) is 5.91 Å². The first kappa shape index (κ1) is 32.0. The van der Waals surface area contributed by atoms with Gasteiger partial charge in [-0.15, -0.1) is 0 Å². The van der Waals surface area contributed by atoms with Crippen molar-refractivity contribution >= 4 is 22.9 Å². The zero-order valence-corrected chi connectivity index (χ0v) is 25.3. The van der Waals surface area contributed by atoms with Crippen LogP contribution in [-0.2, 0) is 24.8 Å². The van der Waals surface area contributed by atoms with Crippen molar-refractivity contribution in [3.8, 4) is 22.9 Å². The fourth-order valence-electron chi connectivity index (χ4n) is 4.65. The summed E-state index contributed by atoms with van der Waals surface area (Å²) >= 11 is 0. The van der Waals surface area contributed by atoms with Crippen molar-refractivity contribution in [1.29, 1.82) is 0 Å². The molecule has 6 rings (SSSR count). The molecule has 5 aromatic rings. The molecule has 0 unspecified atom stereocenters. The molecule has 1 saturated heterocycles. The topological polar surface area (TPSA) is 152 Å². The zero-order chi connectivity index (χ0) is 33.0. The van der Waals surface area contributed by atoms with Gasteiger partial charge in [-0.1, -0.05) is 12.1 Å². The molecule has 46 heavy (non-hydrogen) atoms. The predicted octanol–water partition coefficient (Wildman–Crippen LogP) is 5.00. The second-order valence-electron chi connectivity index (χ2n) is 10.5. The molecule has 1 amide bonds. The van der Waals surface area contributed by atoms with E-state index in [0.29, 0.717) is 28.1 Å². The number of hydrogen-bond acceptors (Lipinski definition) is 8. The molecule has 13 heteroatoms. The lowest BCUT2D eigenvalue weighted by Crippen LogP contribution is -2.14. The highest BCUT2D eigenvalue weighted by molar-refractivity contribution is 5.95. The minimum absolute atomic E-state index is 0.0157. The van der Waals surface area contributed by atoms with Gasteiger partial charge in [0.1, 0.15) is 41.0 Å². The van der Waals surface area contributed by atoms with Crippen LogP contribution >= 0.6 is 0 Å². The number of halogens is 2. The van der Waals surface area contributed by atoms with E-state index in [1.165, 1.54) is 37.8 Å². The van der Waals surface area contributed by atoms with E-state index in [-0.39, 0.29) is 52.7 Å². The Morgan fingerprint density at radius 3 is 2.39 bits per heavy atom. The number of benzene rings is 2. The number of nitrogens with zero attached hydrogens (tertiary/aromatic N) is 4. The molecule has 1 aliphatic rings. The van der Waals surface area contributed by atoms with E-state index < -0.39 is 23.5 Å². The number of primary amides is 1. The Morgan fingerprint density at radius 2 is 1.76 bits per heavy atom. The van der Waals surface area contributed by atoms with Crippen molar-refractivity contribution in [1.82, 2.24) is 19.5 Å². The lowest BCUT2D eigenvalue weighted by Gasteiger charge is -2.11. The number of carbonyl (C=O) groups excluding carboxylic acids is 1. The first-order valence-electron chi connectivity index (χ1n) is 14.2. The van der Waals surface area contributed by atoms with E-state index in [9.17, 15) is 14.7 Å². The number of pyridine rings is 2. The van der Waals surface area contributed by atoms with Gasteiger partial charge in [0, 0.05) is 49.6 Å². The van der Waals surface area contributed by atoms with Crippen molar-refractivity contribution in [2.24, 2.45) is 12.8 Å². The second-order valence-corrected chi connectivity index (χ2v) is 10.5. The third-order valence-corrected chi connectivity index (χ3v) is 7.40. The highest BCUT2D eigenvalue weighted by atomic mass is 19.1. The average Bonchev–Trinajstić information content (AvgIpc) is 3.31. The SMILES string of the molecule is C1COC1.COc1cc(C(=O)O)cc2c1nc(Cc1cc(F)c(-c3cccc(OCc4ccc(C(N)=O)nc4C)n3)cc1F)n2C. The van der Waals surface area contributed by atoms with Crippen molar-refractivity contribution in [3.63, 3.8) is 0 Å². The summed E-state index contributed by atoms with van der Waals surface area (Å²) in [6, 6.07) is 12.9. The van der Waals surface area contributed by atoms with E-state index in [1.54, 1.807) is 36.7 Å². The molecule has 238 valence electrons. The Hall–Kier alpha value is -5.43. The standard InChI is InChI=1S/C30H25F2N5O5.C3H6O/c1-15-16(7-8-23(34-15)29(33)38)14-42-27-6-4-5-22(35-27)19-13-20(31)17(9-21(19)32)12-26-36-28-24(37(26)2)10-18(30(39)40)11-25(28)41-3;1-2-4-3-1/h4-11,13H,12,14H2,1-3H3,(H2,33,38)(H,39,40);1-3H2. The molecule has 11 nitrogen and oxygen atoms in total. The van der Waals surface area contributed by atoms with Crippen molar-refractivity contribution in [2.75, 3.05) is 20.3 Å². The van der Waals surface area contributed by atoms with Crippen LogP contribution in [0.15, 0.2) is 54.6 Å². The number of methoxy groups -OCH3 is 1. The Bertz CT molecular complexity index is 1940. The second kappa shape index (κ2) is 13.7. The Labute approximate surface area is 262 Å². The van der Waals surface area contributed by atoms with Crippen LogP contribution in [0, 0.1) is 18.6 Å². The van der Waals surface area contributed by atoms with Gasteiger partial charge in [0.2, 0.25) is 5.88 Å². The molecule has 0 saturated carbocycles. The average molecular weight is 632 g/mol. The Kier molecular flexibility index (Phi) is 9.52. The normalized spacial score (nSPS) is 12.2. The third kappa shape index (κ3) is 6.94. The number of rotatable bonds is 9. The van der Waals surface area contributed by atoms with Crippen LogP contribution in [0.4, 0.5) is 8.78 Å². The molecule has 3 aromatic heterocycles. The fourth-order valence-corrected chi connectivity index (χ4v) is 4.65. The van der Waals surface area contributed by atoms with Gasteiger partial charge >= 0.3 is 5.97 Å². The summed E-state index contributed by atoms with van der Waals surface area (Å²) in [4.78, 5) is 35.8. The Balaban J connectivity index is 0.000000966. The molecular formula is C33H31F2N5O6. The zero-order valence-electron chi connectivity index (χ0n) is 25.3. The monoisotopic (exact) mass is 631 g/mol. The molecule has 0 spiro atoms. The number of carboxylic acid groups (broad SMARTS) is 1. The number of aromatic nitrogens is 4. The number of amides is 1. The lowest BCUT2D eigenvalue weighted by atomic mass is 10.0. The van der Waals surface area contributed by atoms with Crippen LogP contribution < -0.4 is 15.2 Å². The number of carbonyl (C=O) groups is 2. The summed E-state index contributed by atoms with van der Waals surface area (Å²) in [5.74, 6) is -2.29. The molecule has 4 heterocycles. The van der Waals surface area contributed by atoms with Gasteiger partial charge in [-0.05, 0) is 55.3 Å². The number of nitrogens with two attached hydrogens (primary N) is 1. The van der Waals surface area contributed by atoms with E-state index in [4.69, 9.17) is 19.9 Å². The van der Waals surface area contributed by atoms with E-state index in [1.807, 2.05) is 0 Å². The summed E-state index contributed by atoms with van der Waals surface area (Å²) in [6.45, 7) is 3.80. The number of aryl methyl sites for hydroxylation is 2. The summed E-state index contributed by atoms with van der Waals surface area (Å²) in [5, 5.41) is 9.41. The molecule has 0 aliphatic carbocycles. The maximum atomic E-state index is 15.3. The maximum Gasteiger partial charge on any atom is 0.335 e. The quantitative estimate of drug-likeness (QED) is 0.229. The predicted molar refractivity (Wildman–Crippen MR) is 164 cm³/mol. The summed E-state index contributed by atoms with van der Waals surface area (Å²) in [7, 11) is 3.06. The number of aromatic carboxylic acids is 1. The van der Waals surface area contributed by atoms with Crippen LogP contribution in [0.3, 0.4) is 0 Å². The van der Waals surface area contributed by atoms with Gasteiger partial charge in [-0.3, -0.25) is 4.79 Å². The van der Waals surface area contributed by atoms with Gasteiger partial charge in [-0.2, -0.15) is 0 Å². The first-order valence-corrected chi connectivity index (χ1v) is 14.2. The van der Waals surface area contributed by atoms with Gasteiger partial charge in [0.15, 0.2) is 0 Å². The molecule has 3 N–H and O–H groups in total. The minimum atomic E-state index is -1.13. The van der Waals surface area contributed by atoms with Gasteiger partial charge < -0.3 is 29.6 Å². The highest BCUT2D eigenvalue weighted by Gasteiger charge is 2.19. The van der Waals surface area contributed by atoms with E-state index >= 15 is 8.78 Å². The van der Waals surface area contributed by atoms with Crippen molar-refractivity contribution in [2.45, 2.75) is 26.4 Å². The van der Waals surface area contributed by atoms with Crippen molar-refractivity contribution in [3.05, 3.63) is 100 Å². The molecule has 0 atom stereocenters. The Morgan fingerprint density at radius 1 is 1.02 bits per heavy atom. The summed E-state index contributed by atoms with van der Waals surface area (Å²) < 4.78 is 48.0. The first-order chi connectivity index (χ1) is 22.0. The molecule has 0 bridgehead atoms. The summed E-state index contributed by atoms with van der Waals surface area (Å²) in [6.07, 6.45) is 1.22. The molecule has 2 aromatic carbocycles. The van der Waals surface area contributed by atoms with Crippen molar-refractivity contribution < 1.29 is 37.7 Å². The molecular weight excluding hydrogens is 600 g/mol. The number of imidazole rings is 1.